The molecule has 2 aromatic heterocycles. The second kappa shape index (κ2) is 7.38. The molecule has 148 valence electrons. The quantitative estimate of drug-likeness (QED) is 0.303. The second-order valence-corrected chi connectivity index (χ2v) is 8.00. The van der Waals surface area contributed by atoms with Gasteiger partial charge in [0.25, 0.3) is 0 Å². The van der Waals surface area contributed by atoms with Gasteiger partial charge in [-0.1, -0.05) is 30.0 Å². The summed E-state index contributed by atoms with van der Waals surface area (Å²) in [6.45, 7) is 1.84. The minimum Gasteiger partial charge on any atom is -0.325 e. The number of nitrogens with zero attached hydrogens (tertiary/aromatic N) is 4. The van der Waals surface area contributed by atoms with Crippen molar-refractivity contribution in [2.24, 2.45) is 0 Å². The van der Waals surface area contributed by atoms with Crippen LogP contribution in [0.25, 0.3) is 16.7 Å². The molecule has 1 amide bonds. The molecule has 0 fully saturated rings. The average molecular weight is 415 g/mol. The molecular formula is C22H17N5O2S. The molecular weight excluding hydrogens is 398 g/mol. The Morgan fingerprint density at radius 2 is 2.00 bits per heavy atom. The number of benzene rings is 2. The number of nitrogens with one attached hydrogen (secondary N) is 1. The van der Waals surface area contributed by atoms with E-state index in [1.165, 1.54) is 18.1 Å². The number of aromatic nitrogens is 4. The third-order valence-corrected chi connectivity index (χ3v) is 6.17. The van der Waals surface area contributed by atoms with E-state index >= 15 is 0 Å². The molecule has 0 radical (unpaired) electrons. The standard InChI is InChI=1S/C22H17N5O2S/c1-13-16-9-14(7-8-18(16)26-21(13)29)19(28)11-30-22-17-10-25-27(20(17)23-12-24-22)15-5-3-2-4-6-15/h2-10,12-13H,11H2,1H3,(H,26,29)/t13-/m0/s1. The molecule has 1 atom stereocenters. The Hall–Kier alpha value is -3.52. The van der Waals surface area contributed by atoms with Gasteiger partial charge in [0.05, 0.1) is 28.9 Å². The summed E-state index contributed by atoms with van der Waals surface area (Å²) in [5, 5.41) is 8.78. The Labute approximate surface area is 176 Å². The van der Waals surface area contributed by atoms with Gasteiger partial charge in [-0.05, 0) is 42.8 Å². The fourth-order valence-electron chi connectivity index (χ4n) is 3.50. The van der Waals surface area contributed by atoms with Crippen LogP contribution < -0.4 is 5.32 Å². The number of fused-ring (bicyclic) bond motifs is 2. The lowest BCUT2D eigenvalue weighted by Crippen LogP contribution is -2.08. The highest BCUT2D eigenvalue weighted by Gasteiger charge is 2.27. The number of anilines is 1. The second-order valence-electron chi connectivity index (χ2n) is 7.03. The number of hydrogen-bond acceptors (Lipinski definition) is 6. The van der Waals surface area contributed by atoms with Crippen molar-refractivity contribution in [2.45, 2.75) is 17.9 Å². The minimum absolute atomic E-state index is 0.0171. The summed E-state index contributed by atoms with van der Waals surface area (Å²) in [6.07, 6.45) is 3.22. The van der Waals surface area contributed by atoms with E-state index < -0.39 is 0 Å². The number of rotatable bonds is 5. The number of thioether (sulfide) groups is 1. The van der Waals surface area contributed by atoms with Gasteiger partial charge in [-0.25, -0.2) is 14.6 Å². The van der Waals surface area contributed by atoms with Crippen LogP contribution in [0.4, 0.5) is 5.69 Å². The van der Waals surface area contributed by atoms with Gasteiger partial charge in [0.2, 0.25) is 5.91 Å². The van der Waals surface area contributed by atoms with Crippen molar-refractivity contribution >= 4 is 40.2 Å². The van der Waals surface area contributed by atoms with Gasteiger partial charge in [0.15, 0.2) is 11.4 Å². The molecule has 1 aliphatic rings. The van der Waals surface area contributed by atoms with Crippen molar-refractivity contribution in [3.63, 3.8) is 0 Å². The Kier molecular flexibility index (Phi) is 4.55. The summed E-state index contributed by atoms with van der Waals surface area (Å²) in [5.41, 5.74) is 3.84. The van der Waals surface area contributed by atoms with Crippen LogP contribution in [-0.2, 0) is 4.79 Å². The smallest absolute Gasteiger partial charge is 0.231 e. The molecule has 0 aliphatic carbocycles. The van der Waals surface area contributed by atoms with Gasteiger partial charge < -0.3 is 5.32 Å². The van der Waals surface area contributed by atoms with E-state index in [-0.39, 0.29) is 23.4 Å². The summed E-state index contributed by atoms with van der Waals surface area (Å²) in [6, 6.07) is 15.1. The summed E-state index contributed by atoms with van der Waals surface area (Å²) in [5.74, 6) is -0.0676. The molecule has 0 bridgehead atoms. The normalized spacial score (nSPS) is 15.2. The molecule has 2 aromatic carbocycles. The van der Waals surface area contributed by atoms with Crippen LogP contribution in [0.1, 0.15) is 28.8 Å². The predicted molar refractivity (Wildman–Crippen MR) is 115 cm³/mol. The molecule has 0 saturated carbocycles. The van der Waals surface area contributed by atoms with E-state index in [4.69, 9.17) is 0 Å². The fraction of sp³-hybridized carbons (Fsp3) is 0.136. The highest BCUT2D eigenvalue weighted by atomic mass is 32.2. The van der Waals surface area contributed by atoms with Crippen molar-refractivity contribution in [1.29, 1.82) is 0 Å². The van der Waals surface area contributed by atoms with Crippen molar-refractivity contribution in [3.8, 4) is 5.69 Å². The first-order valence-electron chi connectivity index (χ1n) is 9.47. The van der Waals surface area contributed by atoms with Gasteiger partial charge in [0.1, 0.15) is 11.4 Å². The molecule has 3 heterocycles. The van der Waals surface area contributed by atoms with Gasteiger partial charge in [-0.2, -0.15) is 5.10 Å². The monoisotopic (exact) mass is 415 g/mol. The first-order chi connectivity index (χ1) is 14.6. The van der Waals surface area contributed by atoms with Gasteiger partial charge in [0, 0.05) is 11.3 Å². The van der Waals surface area contributed by atoms with E-state index in [9.17, 15) is 9.59 Å². The van der Waals surface area contributed by atoms with Crippen molar-refractivity contribution in [1.82, 2.24) is 19.7 Å². The van der Waals surface area contributed by atoms with Crippen LogP contribution in [0, 0.1) is 0 Å². The lowest BCUT2D eigenvalue weighted by molar-refractivity contribution is -0.116. The lowest BCUT2D eigenvalue weighted by Gasteiger charge is -2.06. The third kappa shape index (κ3) is 3.15. The highest BCUT2D eigenvalue weighted by molar-refractivity contribution is 8.00. The zero-order valence-corrected chi connectivity index (χ0v) is 16.9. The summed E-state index contributed by atoms with van der Waals surface area (Å²) >= 11 is 1.36. The lowest BCUT2D eigenvalue weighted by atomic mass is 9.99. The van der Waals surface area contributed by atoms with Crippen LogP contribution in [-0.4, -0.2) is 37.2 Å². The van der Waals surface area contributed by atoms with Crippen LogP contribution in [0.2, 0.25) is 0 Å². The minimum atomic E-state index is -0.245. The van der Waals surface area contributed by atoms with E-state index in [0.29, 0.717) is 16.2 Å². The number of amides is 1. The molecule has 7 nitrogen and oxygen atoms in total. The number of hydrogen-bond donors (Lipinski definition) is 1. The molecule has 30 heavy (non-hydrogen) atoms. The third-order valence-electron chi connectivity index (χ3n) is 5.16. The van der Waals surface area contributed by atoms with Gasteiger partial charge >= 0.3 is 0 Å². The number of para-hydroxylation sites is 1. The largest absolute Gasteiger partial charge is 0.325 e. The van der Waals surface area contributed by atoms with E-state index in [1.807, 2.05) is 43.3 Å². The van der Waals surface area contributed by atoms with E-state index in [2.05, 4.69) is 20.4 Å². The zero-order chi connectivity index (χ0) is 20.7. The predicted octanol–water partition coefficient (Wildman–Crippen LogP) is 3.85. The SMILES string of the molecule is C[C@@H]1C(=O)Nc2ccc(C(=O)CSc3ncnc4c3cnn4-c3ccccc3)cc21. The number of Topliss-reactive ketones (excluding diaryl/α,β-unsaturated/α-hetero) is 1. The summed E-state index contributed by atoms with van der Waals surface area (Å²) in [4.78, 5) is 33.3. The van der Waals surface area contributed by atoms with Crippen LogP contribution >= 0.6 is 11.8 Å². The number of carbonyl (C=O) groups excluding carboxylic acids is 2. The summed E-state index contributed by atoms with van der Waals surface area (Å²) < 4.78 is 1.76. The molecule has 4 aromatic rings. The first kappa shape index (κ1) is 18.5. The first-order valence-corrected chi connectivity index (χ1v) is 10.5. The number of carbonyl (C=O) groups is 2. The molecule has 0 saturated heterocycles. The van der Waals surface area contributed by atoms with Crippen molar-refractivity contribution < 1.29 is 9.59 Å². The van der Waals surface area contributed by atoms with Gasteiger partial charge in [-0.15, -0.1) is 0 Å². The van der Waals surface area contributed by atoms with Crippen molar-refractivity contribution in [3.05, 3.63) is 72.2 Å². The van der Waals surface area contributed by atoms with Crippen LogP contribution in [0.5, 0.6) is 0 Å². The molecule has 0 unspecified atom stereocenters. The maximum absolute atomic E-state index is 12.8. The molecule has 1 N–H and O–H groups in total. The van der Waals surface area contributed by atoms with Crippen LogP contribution in [0.3, 0.4) is 0 Å². The maximum Gasteiger partial charge on any atom is 0.231 e. The Bertz CT molecular complexity index is 1290. The maximum atomic E-state index is 12.8. The fourth-order valence-corrected chi connectivity index (χ4v) is 4.36. The highest BCUT2D eigenvalue weighted by Crippen LogP contribution is 2.33. The Morgan fingerprint density at radius 1 is 1.17 bits per heavy atom. The summed E-state index contributed by atoms with van der Waals surface area (Å²) in [7, 11) is 0. The average Bonchev–Trinajstić information content (AvgIpc) is 3.34. The molecule has 1 aliphatic heterocycles. The van der Waals surface area contributed by atoms with E-state index in [0.717, 1.165) is 22.3 Å². The van der Waals surface area contributed by atoms with Gasteiger partial charge in [-0.3, -0.25) is 9.59 Å². The van der Waals surface area contributed by atoms with E-state index in [1.54, 1.807) is 23.0 Å². The topological polar surface area (TPSA) is 89.8 Å². The Morgan fingerprint density at radius 3 is 2.83 bits per heavy atom. The molecule has 8 heteroatoms. The Balaban J connectivity index is 1.38. The molecule has 0 spiro atoms. The van der Waals surface area contributed by atoms with Crippen molar-refractivity contribution in [2.75, 3.05) is 11.1 Å². The molecule has 5 rings (SSSR count). The zero-order valence-electron chi connectivity index (χ0n) is 16.1. The van der Waals surface area contributed by atoms with Crippen LogP contribution in [0.15, 0.2) is 66.1 Å². The number of ketones is 1.